The number of anilines is 1. The van der Waals surface area contributed by atoms with Crippen molar-refractivity contribution in [1.82, 2.24) is 9.97 Å². The van der Waals surface area contributed by atoms with Crippen LogP contribution in [0.25, 0.3) is 0 Å². The summed E-state index contributed by atoms with van der Waals surface area (Å²) in [6.45, 7) is 1.90. The highest BCUT2D eigenvalue weighted by atomic mass is 32.2. The Labute approximate surface area is 116 Å². The Balaban J connectivity index is 1.95. The van der Waals surface area contributed by atoms with Gasteiger partial charge in [-0.25, -0.2) is 15.8 Å². The summed E-state index contributed by atoms with van der Waals surface area (Å²) in [6.07, 6.45) is 2.63. The first-order chi connectivity index (χ1) is 9.07. The molecule has 1 fully saturated rings. The number of carbonyl (C=O) groups excluding carboxylic acids is 1. The van der Waals surface area contributed by atoms with Crippen LogP contribution in [0, 0.1) is 12.3 Å². The zero-order chi connectivity index (χ0) is 13.9. The summed E-state index contributed by atoms with van der Waals surface area (Å²) >= 11 is 1.63. The number of aryl methyl sites for hydroxylation is 1. The van der Waals surface area contributed by atoms with Gasteiger partial charge in [0.2, 0.25) is 5.95 Å². The molecule has 1 aromatic heterocycles. The Morgan fingerprint density at radius 2 is 2.32 bits per heavy atom. The number of methoxy groups -OCH3 is 1. The minimum absolute atomic E-state index is 0.0902. The second-order valence-corrected chi connectivity index (χ2v) is 5.85. The predicted molar refractivity (Wildman–Crippen MR) is 73.6 cm³/mol. The maximum Gasteiger partial charge on any atom is 0.306 e. The molecule has 1 aliphatic rings. The van der Waals surface area contributed by atoms with Gasteiger partial charge >= 0.3 is 5.97 Å². The van der Waals surface area contributed by atoms with E-state index in [1.165, 1.54) is 7.11 Å². The third-order valence-electron chi connectivity index (χ3n) is 3.19. The molecule has 6 nitrogen and oxygen atoms in total. The van der Waals surface area contributed by atoms with E-state index in [4.69, 9.17) is 10.6 Å². The van der Waals surface area contributed by atoms with Gasteiger partial charge in [0.25, 0.3) is 0 Å². The lowest BCUT2D eigenvalue weighted by Gasteiger charge is -2.13. The summed E-state index contributed by atoms with van der Waals surface area (Å²) in [4.78, 5) is 19.8. The Hall–Kier alpha value is -1.34. The molecule has 2 rings (SSSR count). The lowest BCUT2D eigenvalue weighted by atomic mass is 10.1. The molecule has 0 radical (unpaired) electrons. The molecule has 3 N–H and O–H groups in total. The summed E-state index contributed by atoms with van der Waals surface area (Å²) < 4.78 is 4.73. The molecule has 0 unspecified atom stereocenters. The van der Waals surface area contributed by atoms with Crippen molar-refractivity contribution in [2.75, 3.05) is 18.3 Å². The summed E-state index contributed by atoms with van der Waals surface area (Å²) in [5.41, 5.74) is 3.41. The topological polar surface area (TPSA) is 90.1 Å². The van der Waals surface area contributed by atoms with Crippen LogP contribution in [-0.4, -0.2) is 28.8 Å². The van der Waals surface area contributed by atoms with Crippen LogP contribution in [0.5, 0.6) is 0 Å². The maximum absolute atomic E-state index is 11.3. The SMILES string of the molecule is COC(=O)CC1(CSc2cc(C)nc(NN)n2)CC1. The molecule has 0 amide bonds. The first-order valence-corrected chi connectivity index (χ1v) is 7.07. The quantitative estimate of drug-likeness (QED) is 0.269. The molecule has 0 bridgehead atoms. The van der Waals surface area contributed by atoms with Gasteiger partial charge < -0.3 is 4.74 Å². The number of hydrogen-bond acceptors (Lipinski definition) is 7. The zero-order valence-corrected chi connectivity index (χ0v) is 11.9. The molecule has 0 aliphatic heterocycles. The van der Waals surface area contributed by atoms with Crippen LogP contribution in [0.3, 0.4) is 0 Å². The van der Waals surface area contributed by atoms with E-state index in [0.29, 0.717) is 12.4 Å². The van der Waals surface area contributed by atoms with Gasteiger partial charge in [0.05, 0.1) is 13.5 Å². The van der Waals surface area contributed by atoms with Gasteiger partial charge in [-0.15, -0.1) is 11.8 Å². The van der Waals surface area contributed by atoms with Gasteiger partial charge in [-0.3, -0.25) is 10.2 Å². The van der Waals surface area contributed by atoms with Crippen LogP contribution in [-0.2, 0) is 9.53 Å². The number of hydrogen-bond donors (Lipinski definition) is 2. The van der Waals surface area contributed by atoms with Crippen LogP contribution in [0.2, 0.25) is 0 Å². The number of ether oxygens (including phenoxy) is 1. The molecule has 0 spiro atoms. The molecular weight excluding hydrogens is 264 g/mol. The number of aromatic nitrogens is 2. The number of thioether (sulfide) groups is 1. The van der Waals surface area contributed by atoms with E-state index in [1.807, 2.05) is 13.0 Å². The summed E-state index contributed by atoms with van der Waals surface area (Å²) in [7, 11) is 1.43. The van der Waals surface area contributed by atoms with Gasteiger partial charge in [0.1, 0.15) is 5.03 Å². The molecule has 0 atom stereocenters. The van der Waals surface area contributed by atoms with Crippen molar-refractivity contribution in [2.45, 2.75) is 31.2 Å². The highest BCUT2D eigenvalue weighted by Gasteiger charge is 2.44. The predicted octanol–water partition coefficient (Wildman–Crippen LogP) is 1.51. The van der Waals surface area contributed by atoms with Crippen LogP contribution in [0.1, 0.15) is 25.0 Å². The number of rotatable bonds is 6. The fourth-order valence-corrected chi connectivity index (χ4v) is 3.08. The van der Waals surface area contributed by atoms with E-state index in [0.717, 1.165) is 29.3 Å². The number of carbonyl (C=O) groups is 1. The molecule has 1 heterocycles. The number of nitrogens with two attached hydrogens (primary N) is 1. The molecule has 1 aliphatic carbocycles. The Morgan fingerprint density at radius 3 is 2.89 bits per heavy atom. The van der Waals surface area contributed by atoms with Crippen LogP contribution >= 0.6 is 11.8 Å². The van der Waals surface area contributed by atoms with E-state index in [-0.39, 0.29) is 11.4 Å². The van der Waals surface area contributed by atoms with Crippen LogP contribution < -0.4 is 11.3 Å². The molecule has 1 aromatic rings. The van der Waals surface area contributed by atoms with Crippen molar-refractivity contribution in [2.24, 2.45) is 11.3 Å². The third-order valence-corrected chi connectivity index (χ3v) is 4.45. The highest BCUT2D eigenvalue weighted by molar-refractivity contribution is 7.99. The molecule has 104 valence electrons. The monoisotopic (exact) mass is 282 g/mol. The van der Waals surface area contributed by atoms with E-state index >= 15 is 0 Å². The number of esters is 1. The van der Waals surface area contributed by atoms with Gasteiger partial charge in [-0.2, -0.15) is 0 Å². The fourth-order valence-electron chi connectivity index (χ4n) is 1.83. The van der Waals surface area contributed by atoms with Crippen LogP contribution in [0.15, 0.2) is 11.1 Å². The summed E-state index contributed by atoms with van der Waals surface area (Å²) in [5, 5.41) is 0.872. The first-order valence-electron chi connectivity index (χ1n) is 6.09. The molecule has 19 heavy (non-hydrogen) atoms. The average molecular weight is 282 g/mol. The van der Waals surface area contributed by atoms with Gasteiger partial charge in [-0.05, 0) is 31.2 Å². The highest BCUT2D eigenvalue weighted by Crippen LogP contribution is 2.52. The van der Waals surface area contributed by atoms with Crippen molar-refractivity contribution in [3.05, 3.63) is 11.8 Å². The maximum atomic E-state index is 11.3. The lowest BCUT2D eigenvalue weighted by Crippen LogP contribution is -2.14. The normalized spacial score (nSPS) is 15.9. The third kappa shape index (κ3) is 3.81. The van der Waals surface area contributed by atoms with E-state index in [9.17, 15) is 4.79 Å². The Kier molecular flexibility index (Phi) is 4.26. The number of nitrogen functional groups attached to an aromatic ring is 1. The number of nitrogens with zero attached hydrogens (tertiary/aromatic N) is 2. The zero-order valence-electron chi connectivity index (χ0n) is 11.1. The van der Waals surface area contributed by atoms with Crippen molar-refractivity contribution in [3.63, 3.8) is 0 Å². The largest absolute Gasteiger partial charge is 0.469 e. The second kappa shape index (κ2) is 5.75. The lowest BCUT2D eigenvalue weighted by molar-refractivity contribution is -0.141. The Morgan fingerprint density at radius 1 is 1.58 bits per heavy atom. The Bertz CT molecular complexity index is 477. The summed E-state index contributed by atoms with van der Waals surface area (Å²) in [5.74, 6) is 6.46. The van der Waals surface area contributed by atoms with Gasteiger partial charge in [-0.1, -0.05) is 0 Å². The smallest absolute Gasteiger partial charge is 0.306 e. The summed E-state index contributed by atoms with van der Waals surface area (Å²) in [6, 6.07) is 1.92. The van der Waals surface area contributed by atoms with E-state index in [1.54, 1.807) is 11.8 Å². The fraction of sp³-hybridized carbons (Fsp3) is 0.583. The molecule has 7 heteroatoms. The van der Waals surface area contributed by atoms with Crippen molar-refractivity contribution in [3.8, 4) is 0 Å². The van der Waals surface area contributed by atoms with Crippen LogP contribution in [0.4, 0.5) is 5.95 Å². The van der Waals surface area contributed by atoms with Crippen molar-refractivity contribution < 1.29 is 9.53 Å². The standard InChI is InChI=1S/C12H18N4O2S/c1-8-5-9(15-11(14-8)16-13)19-7-12(3-4-12)6-10(17)18-2/h5H,3-4,6-7,13H2,1-2H3,(H,14,15,16). The minimum Gasteiger partial charge on any atom is -0.469 e. The first kappa shape index (κ1) is 14.1. The molecule has 1 saturated carbocycles. The molecular formula is C12H18N4O2S. The molecule has 0 aromatic carbocycles. The van der Waals surface area contributed by atoms with E-state index in [2.05, 4.69) is 15.4 Å². The average Bonchev–Trinajstić information content (AvgIpc) is 3.16. The van der Waals surface area contributed by atoms with Crippen molar-refractivity contribution >= 4 is 23.7 Å². The minimum atomic E-state index is -0.138. The van der Waals surface area contributed by atoms with E-state index < -0.39 is 0 Å². The van der Waals surface area contributed by atoms with Gasteiger partial charge in [0, 0.05) is 11.4 Å². The molecule has 0 saturated heterocycles. The van der Waals surface area contributed by atoms with Gasteiger partial charge in [0.15, 0.2) is 0 Å². The second-order valence-electron chi connectivity index (χ2n) is 4.86. The number of hydrazine groups is 1. The number of nitrogens with one attached hydrogen (secondary N) is 1. The van der Waals surface area contributed by atoms with Crippen molar-refractivity contribution in [1.29, 1.82) is 0 Å².